The standard InChI is InChI=1S/C21H25.C5H5.C4H6.2ClH.Zr/c1-20(2,3)16-9-7-14-11-15-8-10-17(21(4,5)6)13-19(15)18(14)12-16;1-2-4-5-3-1;1-2-4-3-1;;;/h7,9-10,12-13H,11H2,1-6H3;1-3H,4H2;1-3H2;2*1H;/q2*-1;;;;+2/p-2. The van der Waals surface area contributed by atoms with Crippen molar-refractivity contribution in [1.29, 1.82) is 0 Å². The summed E-state index contributed by atoms with van der Waals surface area (Å²) in [5.74, 6) is 0. The van der Waals surface area contributed by atoms with E-state index >= 15 is 0 Å². The number of hydrogen-bond acceptors (Lipinski definition) is 0. The molecule has 3 heteroatoms. The summed E-state index contributed by atoms with van der Waals surface area (Å²) in [4.78, 5) is 0. The Morgan fingerprint density at radius 1 is 0.848 bits per heavy atom. The van der Waals surface area contributed by atoms with Crippen molar-refractivity contribution < 1.29 is 49.0 Å². The molecule has 0 N–H and O–H groups in total. The van der Waals surface area contributed by atoms with E-state index in [4.69, 9.17) is 0 Å². The Bertz CT molecular complexity index is 923. The molecule has 0 aromatic heterocycles. The summed E-state index contributed by atoms with van der Waals surface area (Å²) in [7, 11) is 0. The van der Waals surface area contributed by atoms with E-state index in [1.807, 2.05) is 12.2 Å². The first kappa shape index (κ1) is 30.3. The number of hydrogen-bond donors (Lipinski definition) is 0. The zero-order valence-corrected chi connectivity index (χ0v) is 24.9. The number of halogens is 2. The number of rotatable bonds is 0. The maximum atomic E-state index is 3.53. The summed E-state index contributed by atoms with van der Waals surface area (Å²) in [6.45, 7) is 13.6. The molecular formula is C30H36Cl2Zr-2. The molecule has 3 aliphatic rings. The van der Waals surface area contributed by atoms with Crippen LogP contribution in [0.15, 0.2) is 48.6 Å². The molecule has 0 amide bonds. The second-order valence-electron chi connectivity index (χ2n) is 10.8. The van der Waals surface area contributed by atoms with Crippen molar-refractivity contribution in [2.45, 2.75) is 84.5 Å². The summed E-state index contributed by atoms with van der Waals surface area (Å²) in [5, 5.41) is 0. The van der Waals surface area contributed by atoms with Crippen molar-refractivity contribution in [3.05, 3.63) is 83.0 Å². The SMILES string of the molecule is CC(C)(C)c1c[c-]c2c(c1)-c1cc(C(C)(C)C)ccc1C2.[C-]1=CC=CC1.[Cl-].[Cl-].[Zr+2]=[C]1CCC1. The molecule has 2 aromatic carbocycles. The summed E-state index contributed by atoms with van der Waals surface area (Å²) in [5.41, 5.74) is 8.76. The third kappa shape index (κ3) is 8.45. The first-order valence-corrected chi connectivity index (χ1v) is 12.8. The monoisotopic (exact) mass is 556 g/mol. The molecule has 0 nitrogen and oxygen atoms in total. The average molecular weight is 559 g/mol. The molecule has 3 aliphatic carbocycles. The molecule has 2 aromatic rings. The van der Waals surface area contributed by atoms with E-state index in [9.17, 15) is 0 Å². The summed E-state index contributed by atoms with van der Waals surface area (Å²) in [6, 6.07) is 15.1. The van der Waals surface area contributed by atoms with Crippen molar-refractivity contribution in [1.82, 2.24) is 0 Å². The first-order valence-electron chi connectivity index (χ1n) is 11.5. The number of allylic oxidation sites excluding steroid dienone is 4. The molecule has 1 fully saturated rings. The van der Waals surface area contributed by atoms with Crippen LogP contribution in [0.1, 0.15) is 89.5 Å². The third-order valence-corrected chi connectivity index (χ3v) is 7.30. The van der Waals surface area contributed by atoms with Crippen molar-refractivity contribution in [2.24, 2.45) is 0 Å². The second-order valence-corrected chi connectivity index (χ2v) is 12.5. The Labute approximate surface area is 229 Å². The van der Waals surface area contributed by atoms with Gasteiger partial charge < -0.3 is 24.8 Å². The van der Waals surface area contributed by atoms with Crippen LogP contribution in [0.3, 0.4) is 0 Å². The average Bonchev–Trinajstić information content (AvgIpc) is 3.36. The number of fused-ring (bicyclic) bond motifs is 3. The molecule has 0 spiro atoms. The van der Waals surface area contributed by atoms with Crippen LogP contribution >= 0.6 is 0 Å². The molecule has 0 heterocycles. The van der Waals surface area contributed by atoms with E-state index in [2.05, 4.69) is 90.1 Å². The number of benzene rings is 2. The topological polar surface area (TPSA) is 0 Å². The zero-order chi connectivity index (χ0) is 22.6. The van der Waals surface area contributed by atoms with Gasteiger partial charge in [-0.05, 0) is 17.4 Å². The molecule has 0 saturated heterocycles. The van der Waals surface area contributed by atoms with Crippen molar-refractivity contribution in [2.75, 3.05) is 0 Å². The van der Waals surface area contributed by atoms with Gasteiger partial charge >= 0.3 is 46.7 Å². The summed E-state index contributed by atoms with van der Waals surface area (Å²) in [6.07, 6.45) is 15.4. The molecule has 176 valence electrons. The minimum atomic E-state index is 0. The first-order chi connectivity index (χ1) is 14.6. The molecule has 0 bridgehead atoms. The van der Waals surface area contributed by atoms with Crippen LogP contribution in [0.4, 0.5) is 0 Å². The van der Waals surface area contributed by atoms with E-state index in [0.29, 0.717) is 0 Å². The molecule has 1 saturated carbocycles. The normalized spacial score (nSPS) is 15.0. The summed E-state index contributed by atoms with van der Waals surface area (Å²) < 4.78 is 1.78. The fourth-order valence-electron chi connectivity index (χ4n) is 3.68. The van der Waals surface area contributed by atoms with E-state index in [-0.39, 0.29) is 35.6 Å². The van der Waals surface area contributed by atoms with Crippen molar-refractivity contribution in [3.8, 4) is 11.1 Å². The van der Waals surface area contributed by atoms with Crippen molar-refractivity contribution >= 4 is 3.21 Å². The van der Waals surface area contributed by atoms with Crippen LogP contribution in [0, 0.1) is 12.1 Å². The van der Waals surface area contributed by atoms with E-state index in [1.165, 1.54) is 52.6 Å². The summed E-state index contributed by atoms with van der Waals surface area (Å²) >= 11 is 1.67. The van der Waals surface area contributed by atoms with E-state index in [1.54, 1.807) is 27.4 Å². The molecule has 0 atom stereocenters. The van der Waals surface area contributed by atoms with Crippen molar-refractivity contribution in [3.63, 3.8) is 0 Å². The van der Waals surface area contributed by atoms with Gasteiger partial charge in [0.05, 0.1) is 0 Å². The van der Waals surface area contributed by atoms with Gasteiger partial charge in [-0.15, -0.1) is 12.0 Å². The fraction of sp³-hybridized carbons (Fsp3) is 0.433. The Hall–Kier alpha value is -0.747. The van der Waals surface area contributed by atoms with Crippen LogP contribution in [0.5, 0.6) is 0 Å². The van der Waals surface area contributed by atoms with E-state index in [0.717, 1.165) is 12.8 Å². The molecular weight excluding hydrogens is 522 g/mol. The van der Waals surface area contributed by atoms with Gasteiger partial charge in [0.15, 0.2) is 0 Å². The molecule has 0 radical (unpaired) electrons. The minimum absolute atomic E-state index is 0. The maximum absolute atomic E-state index is 3.53. The quantitative estimate of drug-likeness (QED) is 0.370. The molecule has 0 aliphatic heterocycles. The van der Waals surface area contributed by atoms with Gasteiger partial charge in [0, 0.05) is 0 Å². The predicted octanol–water partition coefficient (Wildman–Crippen LogP) is 1.86. The van der Waals surface area contributed by atoms with Gasteiger partial charge in [-0.2, -0.15) is 35.4 Å². The van der Waals surface area contributed by atoms with E-state index < -0.39 is 0 Å². The third-order valence-electron chi connectivity index (χ3n) is 6.07. The second kappa shape index (κ2) is 12.8. The molecule has 0 unspecified atom stereocenters. The van der Waals surface area contributed by atoms with Gasteiger partial charge in [0.25, 0.3) is 0 Å². The Balaban J connectivity index is 0.000000375. The zero-order valence-electron chi connectivity index (χ0n) is 20.9. The van der Waals surface area contributed by atoms with Gasteiger partial charge in [-0.3, -0.25) is 6.08 Å². The van der Waals surface area contributed by atoms with Gasteiger partial charge in [0.2, 0.25) is 0 Å². The predicted molar refractivity (Wildman–Crippen MR) is 131 cm³/mol. The van der Waals surface area contributed by atoms with Crippen LogP contribution in [-0.4, -0.2) is 3.21 Å². The molecule has 5 rings (SSSR count). The van der Waals surface area contributed by atoms with Gasteiger partial charge in [-0.1, -0.05) is 76.3 Å². The Kier molecular flexibility index (Phi) is 11.8. The Morgan fingerprint density at radius 3 is 1.88 bits per heavy atom. The Morgan fingerprint density at radius 2 is 1.45 bits per heavy atom. The van der Waals surface area contributed by atoms with Gasteiger partial charge in [0.1, 0.15) is 0 Å². The van der Waals surface area contributed by atoms with Gasteiger partial charge in [-0.25, -0.2) is 12.2 Å². The van der Waals surface area contributed by atoms with Crippen LogP contribution in [0.25, 0.3) is 11.1 Å². The van der Waals surface area contributed by atoms with Crippen LogP contribution in [-0.2, 0) is 41.5 Å². The van der Waals surface area contributed by atoms with Crippen LogP contribution in [0.2, 0.25) is 0 Å². The molecule has 33 heavy (non-hydrogen) atoms. The van der Waals surface area contributed by atoms with Crippen LogP contribution < -0.4 is 24.8 Å². The fourth-order valence-corrected chi connectivity index (χ4v) is 4.55.